The topological polar surface area (TPSA) is 140 Å². The van der Waals surface area contributed by atoms with Crippen molar-refractivity contribution in [2.24, 2.45) is 17.8 Å². The summed E-state index contributed by atoms with van der Waals surface area (Å²) in [6.07, 6.45) is 0.435. The maximum absolute atomic E-state index is 10.6. The van der Waals surface area contributed by atoms with Gasteiger partial charge in [-0.15, -0.1) is 0 Å². The van der Waals surface area contributed by atoms with Crippen LogP contribution in [0.25, 0.3) is 11.2 Å². The largest absolute Gasteiger partial charge is 0.464 e. The number of nitrogens with zero attached hydrogens (tertiary/aromatic N) is 4. The number of hydrogen-bond acceptors (Lipinski definition) is 8. The zero-order valence-corrected chi connectivity index (χ0v) is 13.3. The molecule has 130 valence electrons. The standard InChI is InChI=1S/C15H21N5O4/c1-2-24-15-18-13(16)9-14(19-15)20(5-17-9)10-7-3-6(7)8(4-21)11(22)12(10)23/h5-8,10-12,21-23H,2-4H2,1H3,(H2,16,18,19)/t6?,7-,8+,10-,11?,12?/m1/s1. The Bertz CT molecular complexity index is 766. The van der Waals surface area contributed by atoms with E-state index in [1.807, 2.05) is 6.92 Å². The van der Waals surface area contributed by atoms with Gasteiger partial charge in [-0.05, 0) is 25.2 Å². The van der Waals surface area contributed by atoms with Crippen molar-refractivity contribution in [3.05, 3.63) is 6.33 Å². The Hall–Kier alpha value is -1.97. The minimum absolute atomic E-state index is 0.125. The summed E-state index contributed by atoms with van der Waals surface area (Å²) in [5.74, 6) is 0.300. The lowest BCUT2D eigenvalue weighted by Crippen LogP contribution is -2.47. The number of fused-ring (bicyclic) bond motifs is 2. The second-order valence-electron chi connectivity index (χ2n) is 6.53. The van der Waals surface area contributed by atoms with Gasteiger partial charge in [-0.3, -0.25) is 0 Å². The average molecular weight is 335 g/mol. The average Bonchev–Trinajstić information content (AvgIpc) is 3.21. The third kappa shape index (κ3) is 2.15. The minimum Gasteiger partial charge on any atom is -0.464 e. The van der Waals surface area contributed by atoms with Gasteiger partial charge in [0.1, 0.15) is 6.10 Å². The van der Waals surface area contributed by atoms with Gasteiger partial charge in [0.05, 0.1) is 25.1 Å². The summed E-state index contributed by atoms with van der Waals surface area (Å²) < 4.78 is 7.09. The number of ether oxygens (including phenoxy) is 1. The summed E-state index contributed by atoms with van der Waals surface area (Å²) in [5.41, 5.74) is 6.86. The number of nitrogens with two attached hydrogens (primary N) is 1. The number of rotatable bonds is 4. The van der Waals surface area contributed by atoms with Crippen molar-refractivity contribution in [1.82, 2.24) is 19.5 Å². The first kappa shape index (κ1) is 15.6. The Labute approximate surface area is 138 Å². The first-order valence-electron chi connectivity index (χ1n) is 8.16. The molecule has 2 saturated carbocycles. The Morgan fingerprint density at radius 1 is 1.29 bits per heavy atom. The summed E-state index contributed by atoms with van der Waals surface area (Å²) in [5, 5.41) is 30.4. The van der Waals surface area contributed by atoms with Crippen molar-refractivity contribution in [1.29, 1.82) is 0 Å². The van der Waals surface area contributed by atoms with Crippen LogP contribution in [0.3, 0.4) is 0 Å². The molecule has 4 rings (SSSR count). The van der Waals surface area contributed by atoms with Gasteiger partial charge in [0.15, 0.2) is 17.0 Å². The normalized spacial score (nSPS) is 35.0. The van der Waals surface area contributed by atoms with Gasteiger partial charge in [0.2, 0.25) is 0 Å². The number of aliphatic hydroxyl groups excluding tert-OH is 3. The van der Waals surface area contributed by atoms with Gasteiger partial charge < -0.3 is 30.4 Å². The highest BCUT2D eigenvalue weighted by Crippen LogP contribution is 2.57. The quantitative estimate of drug-likeness (QED) is 0.577. The van der Waals surface area contributed by atoms with Crippen LogP contribution in [0.2, 0.25) is 0 Å². The number of aliphatic hydroxyl groups is 3. The van der Waals surface area contributed by atoms with Crippen molar-refractivity contribution in [3.8, 4) is 6.01 Å². The van der Waals surface area contributed by atoms with E-state index in [1.165, 1.54) is 0 Å². The van der Waals surface area contributed by atoms with Crippen LogP contribution in [-0.2, 0) is 0 Å². The van der Waals surface area contributed by atoms with E-state index in [0.717, 1.165) is 6.42 Å². The summed E-state index contributed by atoms with van der Waals surface area (Å²) in [4.78, 5) is 12.7. The fourth-order valence-electron chi connectivity index (χ4n) is 4.03. The monoisotopic (exact) mass is 335 g/mol. The Morgan fingerprint density at radius 2 is 2.08 bits per heavy atom. The van der Waals surface area contributed by atoms with Gasteiger partial charge in [-0.25, -0.2) is 4.98 Å². The van der Waals surface area contributed by atoms with Crippen LogP contribution in [0.15, 0.2) is 6.33 Å². The molecule has 2 fully saturated rings. The van der Waals surface area contributed by atoms with Crippen LogP contribution in [0.4, 0.5) is 5.82 Å². The van der Waals surface area contributed by atoms with Gasteiger partial charge in [0, 0.05) is 12.5 Å². The molecule has 24 heavy (non-hydrogen) atoms. The van der Waals surface area contributed by atoms with Crippen LogP contribution in [0.5, 0.6) is 6.01 Å². The molecule has 0 saturated heterocycles. The molecular weight excluding hydrogens is 314 g/mol. The third-order valence-electron chi connectivity index (χ3n) is 5.25. The van der Waals surface area contributed by atoms with E-state index in [4.69, 9.17) is 10.5 Å². The molecule has 0 spiro atoms. The van der Waals surface area contributed by atoms with E-state index in [-0.39, 0.29) is 42.2 Å². The van der Waals surface area contributed by atoms with E-state index in [9.17, 15) is 15.3 Å². The molecular formula is C15H21N5O4. The third-order valence-corrected chi connectivity index (χ3v) is 5.25. The van der Waals surface area contributed by atoms with Gasteiger partial charge >= 0.3 is 6.01 Å². The molecule has 9 nitrogen and oxygen atoms in total. The second kappa shape index (κ2) is 5.54. The molecule has 0 aliphatic heterocycles. The molecule has 0 bridgehead atoms. The fourth-order valence-corrected chi connectivity index (χ4v) is 4.03. The molecule has 5 N–H and O–H groups in total. The lowest BCUT2D eigenvalue weighted by Gasteiger charge is -2.37. The van der Waals surface area contributed by atoms with E-state index >= 15 is 0 Å². The lowest BCUT2D eigenvalue weighted by atomic mass is 9.81. The van der Waals surface area contributed by atoms with Crippen LogP contribution < -0.4 is 10.5 Å². The highest BCUT2D eigenvalue weighted by atomic mass is 16.5. The summed E-state index contributed by atoms with van der Waals surface area (Å²) >= 11 is 0. The Kier molecular flexibility index (Phi) is 3.59. The Morgan fingerprint density at radius 3 is 2.79 bits per heavy atom. The molecule has 2 aliphatic carbocycles. The lowest BCUT2D eigenvalue weighted by molar-refractivity contribution is -0.0873. The number of anilines is 1. The van der Waals surface area contributed by atoms with E-state index in [1.54, 1.807) is 10.9 Å². The van der Waals surface area contributed by atoms with Gasteiger partial charge in [-0.1, -0.05) is 0 Å². The van der Waals surface area contributed by atoms with Crippen molar-refractivity contribution >= 4 is 17.0 Å². The van der Waals surface area contributed by atoms with E-state index in [2.05, 4.69) is 15.0 Å². The first-order valence-corrected chi connectivity index (χ1v) is 8.16. The fraction of sp³-hybridized carbons (Fsp3) is 0.667. The molecule has 2 heterocycles. The predicted octanol–water partition coefficient (Wildman–Crippen LogP) is -0.672. The van der Waals surface area contributed by atoms with E-state index in [0.29, 0.717) is 17.8 Å². The van der Waals surface area contributed by atoms with E-state index < -0.39 is 12.2 Å². The second-order valence-corrected chi connectivity index (χ2v) is 6.53. The maximum Gasteiger partial charge on any atom is 0.320 e. The van der Waals surface area contributed by atoms with Crippen molar-refractivity contribution in [2.75, 3.05) is 18.9 Å². The number of imidazole rings is 1. The van der Waals surface area contributed by atoms with Crippen LogP contribution in [-0.4, -0.2) is 60.3 Å². The first-order chi connectivity index (χ1) is 11.6. The van der Waals surface area contributed by atoms with Crippen LogP contribution in [0.1, 0.15) is 19.4 Å². The molecule has 2 aromatic rings. The maximum atomic E-state index is 10.6. The molecule has 0 amide bonds. The smallest absolute Gasteiger partial charge is 0.320 e. The van der Waals surface area contributed by atoms with Crippen molar-refractivity contribution in [3.63, 3.8) is 0 Å². The zero-order chi connectivity index (χ0) is 17.0. The van der Waals surface area contributed by atoms with Crippen LogP contribution >= 0.6 is 0 Å². The minimum atomic E-state index is -1.00. The molecule has 0 radical (unpaired) electrons. The highest BCUT2D eigenvalue weighted by molar-refractivity contribution is 5.82. The van der Waals surface area contributed by atoms with Gasteiger partial charge in [-0.2, -0.15) is 9.97 Å². The summed E-state index contributed by atoms with van der Waals surface area (Å²) in [7, 11) is 0. The zero-order valence-electron chi connectivity index (χ0n) is 13.3. The van der Waals surface area contributed by atoms with Crippen molar-refractivity contribution in [2.45, 2.75) is 31.6 Å². The Balaban J connectivity index is 1.77. The molecule has 0 aromatic carbocycles. The molecule has 3 unspecified atom stereocenters. The summed E-state index contributed by atoms with van der Waals surface area (Å²) in [6.45, 7) is 2.11. The predicted molar refractivity (Wildman–Crippen MR) is 84.1 cm³/mol. The highest BCUT2D eigenvalue weighted by Gasteiger charge is 2.58. The van der Waals surface area contributed by atoms with Crippen LogP contribution in [0, 0.1) is 17.8 Å². The number of hydrogen-bond donors (Lipinski definition) is 4. The summed E-state index contributed by atoms with van der Waals surface area (Å²) in [6, 6.07) is -0.197. The SMILES string of the molecule is CCOc1nc(N)c2ncn([C@H]3C(O)C(O)[C@@H](CO)C4C[C@H]43)c2n1. The van der Waals surface area contributed by atoms with Crippen molar-refractivity contribution < 1.29 is 20.1 Å². The molecule has 6 atom stereocenters. The number of aromatic nitrogens is 4. The molecule has 9 heteroatoms. The molecule has 2 aliphatic rings. The molecule has 2 aromatic heterocycles. The number of nitrogen functional groups attached to an aromatic ring is 1. The van der Waals surface area contributed by atoms with Gasteiger partial charge in [0.25, 0.3) is 0 Å².